The van der Waals surface area contributed by atoms with E-state index < -0.39 is 5.91 Å². The molecule has 0 aliphatic carbocycles. The lowest BCUT2D eigenvalue weighted by atomic mass is 10.1. The van der Waals surface area contributed by atoms with Gasteiger partial charge in [0, 0.05) is 6.04 Å². The summed E-state index contributed by atoms with van der Waals surface area (Å²) >= 11 is 0. The molecule has 1 rings (SSSR count). The first-order valence-corrected chi connectivity index (χ1v) is 6.73. The van der Waals surface area contributed by atoms with Gasteiger partial charge in [0.1, 0.15) is 5.75 Å². The van der Waals surface area contributed by atoms with Crippen LogP contribution in [0.1, 0.15) is 31.1 Å². The quantitative estimate of drug-likeness (QED) is 0.731. The first-order chi connectivity index (χ1) is 9.45. The van der Waals surface area contributed by atoms with E-state index in [1.807, 2.05) is 26.8 Å². The molecule has 0 aliphatic rings. The number of primary amides is 1. The summed E-state index contributed by atoms with van der Waals surface area (Å²) in [6, 6.07) is 7.18. The molecule has 0 spiro atoms. The van der Waals surface area contributed by atoms with E-state index in [1.54, 1.807) is 23.1 Å². The molecule has 5 nitrogen and oxygen atoms in total. The van der Waals surface area contributed by atoms with Gasteiger partial charge < -0.3 is 10.5 Å². The molecule has 1 amide bonds. The molecule has 0 fully saturated rings. The highest BCUT2D eigenvalue weighted by molar-refractivity contribution is 6.00. The number of hydrogen-bond donors (Lipinski definition) is 1. The van der Waals surface area contributed by atoms with Crippen LogP contribution in [0.15, 0.2) is 24.3 Å². The Balaban J connectivity index is 2.86. The highest BCUT2D eigenvalue weighted by atomic mass is 16.5. The van der Waals surface area contributed by atoms with Crippen molar-refractivity contribution in [2.45, 2.75) is 26.8 Å². The maximum absolute atomic E-state index is 12.4. The molecule has 0 heterocycles. The number of ketones is 1. The lowest BCUT2D eigenvalue weighted by Crippen LogP contribution is -2.41. The summed E-state index contributed by atoms with van der Waals surface area (Å²) < 4.78 is 5.45. The number of carbonyl (C=O) groups excluding carboxylic acids is 2. The molecule has 0 radical (unpaired) electrons. The van der Waals surface area contributed by atoms with Crippen LogP contribution in [0.5, 0.6) is 5.75 Å². The predicted octanol–water partition coefficient (Wildman–Crippen LogP) is 1.46. The van der Waals surface area contributed by atoms with E-state index in [0.717, 1.165) is 0 Å². The number of nitrogens with zero attached hydrogens (tertiary/aromatic N) is 1. The summed E-state index contributed by atoms with van der Waals surface area (Å²) in [5.74, 6) is 0.0522. The van der Waals surface area contributed by atoms with E-state index in [9.17, 15) is 9.59 Å². The number of hydrogen-bond acceptors (Lipinski definition) is 4. The topological polar surface area (TPSA) is 72.6 Å². The minimum absolute atomic E-state index is 0.0608. The highest BCUT2D eigenvalue weighted by Gasteiger charge is 2.19. The fourth-order valence-corrected chi connectivity index (χ4v) is 1.87. The van der Waals surface area contributed by atoms with Crippen LogP contribution in [0, 0.1) is 0 Å². The Morgan fingerprint density at radius 1 is 1.25 bits per heavy atom. The Morgan fingerprint density at radius 3 is 2.45 bits per heavy atom. The van der Waals surface area contributed by atoms with Crippen molar-refractivity contribution in [3.63, 3.8) is 0 Å². The zero-order valence-electron chi connectivity index (χ0n) is 12.3. The molecule has 20 heavy (non-hydrogen) atoms. The monoisotopic (exact) mass is 278 g/mol. The second-order valence-corrected chi connectivity index (χ2v) is 4.82. The van der Waals surface area contributed by atoms with Crippen LogP contribution in [0.25, 0.3) is 0 Å². The molecule has 1 aromatic carbocycles. The third-order valence-electron chi connectivity index (χ3n) is 2.92. The standard InChI is InChI=1S/C15H22N2O3/c1-4-20-14-8-6-5-7-12(14)13(18)9-17(11(2)3)10-15(16)19/h5-8,11H,4,9-10H2,1-3H3,(H2,16,19). The van der Waals surface area contributed by atoms with Crippen LogP contribution in [-0.4, -0.2) is 42.3 Å². The van der Waals surface area contributed by atoms with Crippen molar-refractivity contribution in [1.82, 2.24) is 4.90 Å². The smallest absolute Gasteiger partial charge is 0.231 e. The van der Waals surface area contributed by atoms with Gasteiger partial charge in [0.25, 0.3) is 0 Å². The zero-order valence-corrected chi connectivity index (χ0v) is 12.3. The minimum atomic E-state index is -0.440. The zero-order chi connectivity index (χ0) is 15.1. The van der Waals surface area contributed by atoms with E-state index in [2.05, 4.69) is 0 Å². The van der Waals surface area contributed by atoms with E-state index in [1.165, 1.54) is 0 Å². The molecule has 0 saturated heterocycles. The largest absolute Gasteiger partial charge is 0.493 e. The minimum Gasteiger partial charge on any atom is -0.493 e. The SMILES string of the molecule is CCOc1ccccc1C(=O)CN(CC(N)=O)C(C)C. The van der Waals surface area contributed by atoms with Gasteiger partial charge in [-0.2, -0.15) is 0 Å². The Labute approximate surface area is 119 Å². The van der Waals surface area contributed by atoms with Gasteiger partial charge >= 0.3 is 0 Å². The van der Waals surface area contributed by atoms with Gasteiger partial charge in [-0.15, -0.1) is 0 Å². The second-order valence-electron chi connectivity index (χ2n) is 4.82. The molecule has 0 saturated carbocycles. The maximum Gasteiger partial charge on any atom is 0.231 e. The Bertz CT molecular complexity index is 472. The summed E-state index contributed by atoms with van der Waals surface area (Å²) in [4.78, 5) is 25.2. The number of carbonyl (C=O) groups is 2. The lowest BCUT2D eigenvalue weighted by Gasteiger charge is -2.24. The van der Waals surface area contributed by atoms with E-state index in [-0.39, 0.29) is 24.9 Å². The molecular formula is C15H22N2O3. The predicted molar refractivity (Wildman–Crippen MR) is 77.8 cm³/mol. The van der Waals surface area contributed by atoms with Crippen molar-refractivity contribution < 1.29 is 14.3 Å². The number of Topliss-reactive ketones (excluding diaryl/α,β-unsaturated/α-hetero) is 1. The number of ether oxygens (including phenoxy) is 1. The Kier molecular flexibility index (Phi) is 6.18. The summed E-state index contributed by atoms with van der Waals surface area (Å²) in [6.45, 7) is 6.43. The molecule has 0 aromatic heterocycles. The van der Waals surface area contributed by atoms with Crippen LogP contribution in [-0.2, 0) is 4.79 Å². The van der Waals surface area contributed by atoms with Gasteiger partial charge in [-0.25, -0.2) is 0 Å². The normalized spacial score (nSPS) is 10.8. The molecule has 0 unspecified atom stereocenters. The molecule has 0 bridgehead atoms. The molecule has 0 aliphatic heterocycles. The summed E-state index contributed by atoms with van der Waals surface area (Å²) in [5, 5.41) is 0. The van der Waals surface area contributed by atoms with Gasteiger partial charge in [-0.05, 0) is 32.9 Å². The highest BCUT2D eigenvalue weighted by Crippen LogP contribution is 2.19. The fraction of sp³-hybridized carbons (Fsp3) is 0.467. The average molecular weight is 278 g/mol. The van der Waals surface area contributed by atoms with Crippen LogP contribution in [0.2, 0.25) is 0 Å². The van der Waals surface area contributed by atoms with Crippen LogP contribution in [0.4, 0.5) is 0 Å². The molecule has 5 heteroatoms. The number of para-hydroxylation sites is 1. The number of benzene rings is 1. The lowest BCUT2D eigenvalue weighted by molar-refractivity contribution is -0.119. The van der Waals surface area contributed by atoms with E-state index in [0.29, 0.717) is 17.9 Å². The van der Waals surface area contributed by atoms with Gasteiger partial charge in [0.15, 0.2) is 5.78 Å². The molecule has 1 aromatic rings. The molecular weight excluding hydrogens is 256 g/mol. The van der Waals surface area contributed by atoms with Crippen molar-refractivity contribution >= 4 is 11.7 Å². The summed E-state index contributed by atoms with van der Waals surface area (Å²) in [7, 11) is 0. The van der Waals surface area contributed by atoms with Crippen molar-refractivity contribution in [3.05, 3.63) is 29.8 Å². The van der Waals surface area contributed by atoms with Gasteiger partial charge in [0.2, 0.25) is 5.91 Å². The fourth-order valence-electron chi connectivity index (χ4n) is 1.87. The molecule has 0 atom stereocenters. The first-order valence-electron chi connectivity index (χ1n) is 6.73. The summed E-state index contributed by atoms with van der Waals surface area (Å²) in [5.41, 5.74) is 5.74. The third-order valence-corrected chi connectivity index (χ3v) is 2.92. The summed E-state index contributed by atoms with van der Waals surface area (Å²) in [6.07, 6.45) is 0. The van der Waals surface area contributed by atoms with Crippen LogP contribution in [0.3, 0.4) is 0 Å². The average Bonchev–Trinajstić information content (AvgIpc) is 2.38. The maximum atomic E-state index is 12.4. The molecule has 110 valence electrons. The van der Waals surface area contributed by atoms with Crippen LogP contribution >= 0.6 is 0 Å². The third kappa shape index (κ3) is 4.66. The Morgan fingerprint density at radius 2 is 1.90 bits per heavy atom. The van der Waals surface area contributed by atoms with Gasteiger partial charge in [-0.3, -0.25) is 14.5 Å². The van der Waals surface area contributed by atoms with E-state index >= 15 is 0 Å². The van der Waals surface area contributed by atoms with E-state index in [4.69, 9.17) is 10.5 Å². The molecule has 2 N–H and O–H groups in total. The first kappa shape index (κ1) is 16.2. The number of nitrogens with two attached hydrogens (primary N) is 1. The van der Waals surface area contributed by atoms with Gasteiger partial charge in [0.05, 0.1) is 25.3 Å². The number of amides is 1. The van der Waals surface area contributed by atoms with Gasteiger partial charge in [-0.1, -0.05) is 12.1 Å². The van der Waals surface area contributed by atoms with Crippen molar-refractivity contribution in [2.24, 2.45) is 5.73 Å². The number of rotatable bonds is 8. The second kappa shape index (κ2) is 7.65. The van der Waals surface area contributed by atoms with Crippen LogP contribution < -0.4 is 10.5 Å². The van der Waals surface area contributed by atoms with Crippen molar-refractivity contribution in [1.29, 1.82) is 0 Å². The van der Waals surface area contributed by atoms with Crippen molar-refractivity contribution in [2.75, 3.05) is 19.7 Å². The Hall–Kier alpha value is -1.88. The van der Waals surface area contributed by atoms with Crippen molar-refractivity contribution in [3.8, 4) is 5.75 Å².